The Hall–Kier alpha value is -0.210. The summed E-state index contributed by atoms with van der Waals surface area (Å²) < 4.78 is 29.4. The van der Waals surface area contributed by atoms with Gasteiger partial charge in [0.25, 0.3) is 10.2 Å². The van der Waals surface area contributed by atoms with Crippen LogP contribution in [-0.4, -0.2) is 80.8 Å². The Morgan fingerprint density at radius 1 is 1.14 bits per heavy atom. The van der Waals surface area contributed by atoms with Crippen molar-refractivity contribution < 1.29 is 8.42 Å². The highest BCUT2D eigenvalue weighted by molar-refractivity contribution is 7.86. The minimum Gasteiger partial charge on any atom is -0.318 e. The summed E-state index contributed by atoms with van der Waals surface area (Å²) in [6, 6.07) is 0.439. The largest absolute Gasteiger partial charge is 0.318 e. The molecule has 0 bridgehead atoms. The number of hydrogen-bond acceptors (Lipinski definition) is 4. The second kappa shape index (κ2) is 7.37. The van der Waals surface area contributed by atoms with E-state index in [0.29, 0.717) is 25.7 Å². The van der Waals surface area contributed by atoms with Crippen LogP contribution in [0, 0.1) is 0 Å². The molecule has 2 aliphatic rings. The van der Waals surface area contributed by atoms with E-state index < -0.39 is 10.2 Å². The van der Waals surface area contributed by atoms with Gasteiger partial charge < -0.3 is 10.2 Å². The average molecular weight is 318 g/mol. The van der Waals surface area contributed by atoms with Crippen LogP contribution in [0.3, 0.4) is 0 Å². The molecule has 0 aromatic heterocycles. The Morgan fingerprint density at radius 2 is 1.90 bits per heavy atom. The third-order valence-corrected chi connectivity index (χ3v) is 6.90. The highest BCUT2D eigenvalue weighted by Crippen LogP contribution is 2.24. The van der Waals surface area contributed by atoms with Crippen LogP contribution < -0.4 is 5.32 Å². The Kier molecular flexibility index (Phi) is 6.02. The minimum absolute atomic E-state index is 0.105. The highest BCUT2D eigenvalue weighted by atomic mass is 32.2. The first-order valence-electron chi connectivity index (χ1n) is 8.12. The predicted octanol–water partition coefficient (Wildman–Crippen LogP) is 0.331. The molecule has 0 saturated carbocycles. The lowest BCUT2D eigenvalue weighted by Gasteiger charge is -2.43. The number of piperidine rings is 1. The maximum atomic E-state index is 13.0. The Bertz CT molecular complexity index is 427. The predicted molar refractivity (Wildman–Crippen MR) is 85.5 cm³/mol. The van der Waals surface area contributed by atoms with Crippen molar-refractivity contribution in [1.82, 2.24) is 18.8 Å². The monoisotopic (exact) mass is 318 g/mol. The Morgan fingerprint density at radius 3 is 2.57 bits per heavy atom. The van der Waals surface area contributed by atoms with E-state index in [1.165, 1.54) is 0 Å². The lowest BCUT2D eigenvalue weighted by Crippen LogP contribution is -2.59. The van der Waals surface area contributed by atoms with E-state index in [-0.39, 0.29) is 6.04 Å². The summed E-state index contributed by atoms with van der Waals surface area (Å²) >= 11 is 0. The zero-order valence-electron chi connectivity index (χ0n) is 13.6. The van der Waals surface area contributed by atoms with Crippen molar-refractivity contribution >= 4 is 10.2 Å². The fraction of sp³-hybridized carbons (Fsp3) is 1.00. The van der Waals surface area contributed by atoms with E-state index in [1.54, 1.807) is 8.61 Å². The van der Waals surface area contributed by atoms with Crippen molar-refractivity contribution in [2.45, 2.75) is 44.7 Å². The van der Waals surface area contributed by atoms with E-state index in [0.717, 1.165) is 38.8 Å². The SMILES string of the molecule is CCC1CN(S(=O)(=O)N2CCCCC2CNC)CCN1C. The summed E-state index contributed by atoms with van der Waals surface area (Å²) in [7, 11) is 0.654. The van der Waals surface area contributed by atoms with Gasteiger partial charge in [0, 0.05) is 44.8 Å². The Balaban J connectivity index is 2.12. The number of nitrogens with one attached hydrogen (secondary N) is 1. The normalized spacial score (nSPS) is 30.6. The van der Waals surface area contributed by atoms with Gasteiger partial charge in [-0.05, 0) is 33.4 Å². The van der Waals surface area contributed by atoms with Gasteiger partial charge in [0.15, 0.2) is 0 Å². The number of nitrogens with zero attached hydrogens (tertiary/aromatic N) is 3. The van der Waals surface area contributed by atoms with Gasteiger partial charge in [-0.3, -0.25) is 0 Å². The molecule has 2 aliphatic heterocycles. The van der Waals surface area contributed by atoms with Crippen LogP contribution in [-0.2, 0) is 10.2 Å². The topological polar surface area (TPSA) is 55.9 Å². The first kappa shape index (κ1) is 17.1. The molecule has 1 N–H and O–H groups in total. The zero-order chi connectivity index (χ0) is 15.5. The summed E-state index contributed by atoms with van der Waals surface area (Å²) in [6.07, 6.45) is 4.05. The molecule has 0 radical (unpaired) electrons. The molecule has 2 fully saturated rings. The third kappa shape index (κ3) is 3.76. The summed E-state index contributed by atoms with van der Waals surface area (Å²) in [5, 5.41) is 3.14. The van der Waals surface area contributed by atoms with Gasteiger partial charge in [0.1, 0.15) is 0 Å². The van der Waals surface area contributed by atoms with Crippen LogP contribution in [0.15, 0.2) is 0 Å². The second-order valence-corrected chi connectivity index (χ2v) is 8.11. The first-order chi connectivity index (χ1) is 10.0. The molecule has 2 rings (SSSR count). The molecule has 2 saturated heterocycles. The van der Waals surface area contributed by atoms with E-state index >= 15 is 0 Å². The summed E-state index contributed by atoms with van der Waals surface area (Å²) in [6.45, 7) is 5.59. The fourth-order valence-corrected chi connectivity index (χ4v) is 5.32. The highest BCUT2D eigenvalue weighted by Gasteiger charge is 2.38. The fourth-order valence-electron chi connectivity index (χ4n) is 3.43. The summed E-state index contributed by atoms with van der Waals surface area (Å²) in [5.74, 6) is 0. The first-order valence-corrected chi connectivity index (χ1v) is 9.52. The standard InChI is InChI=1S/C14H30N4O2S/c1-4-13-12-17(10-9-16(13)3)21(19,20)18-8-6-5-7-14(18)11-15-2/h13-15H,4-12H2,1-3H3. The van der Waals surface area contributed by atoms with Crippen molar-refractivity contribution in [3.05, 3.63) is 0 Å². The van der Waals surface area contributed by atoms with Gasteiger partial charge in [0.2, 0.25) is 0 Å². The van der Waals surface area contributed by atoms with Crippen molar-refractivity contribution in [2.24, 2.45) is 0 Å². The van der Waals surface area contributed by atoms with Gasteiger partial charge in [-0.25, -0.2) is 0 Å². The molecule has 0 aliphatic carbocycles. The molecule has 0 aromatic rings. The molecular formula is C14H30N4O2S. The van der Waals surface area contributed by atoms with Crippen LogP contribution in [0.1, 0.15) is 32.6 Å². The van der Waals surface area contributed by atoms with Gasteiger partial charge >= 0.3 is 0 Å². The van der Waals surface area contributed by atoms with Crippen LogP contribution in [0.25, 0.3) is 0 Å². The smallest absolute Gasteiger partial charge is 0.282 e. The quantitative estimate of drug-likeness (QED) is 0.794. The van der Waals surface area contributed by atoms with Gasteiger partial charge in [-0.2, -0.15) is 17.0 Å². The molecule has 0 amide bonds. The maximum absolute atomic E-state index is 13.0. The number of rotatable bonds is 5. The molecule has 2 unspecified atom stereocenters. The Labute approximate surface area is 129 Å². The molecule has 2 atom stereocenters. The van der Waals surface area contributed by atoms with E-state index in [1.807, 2.05) is 7.05 Å². The summed E-state index contributed by atoms with van der Waals surface area (Å²) in [5.41, 5.74) is 0. The van der Waals surface area contributed by atoms with Crippen LogP contribution in [0.2, 0.25) is 0 Å². The van der Waals surface area contributed by atoms with E-state index in [2.05, 4.69) is 24.2 Å². The van der Waals surface area contributed by atoms with Gasteiger partial charge in [-0.15, -0.1) is 0 Å². The average Bonchev–Trinajstić information content (AvgIpc) is 2.48. The van der Waals surface area contributed by atoms with Crippen molar-refractivity contribution in [1.29, 1.82) is 0 Å². The zero-order valence-corrected chi connectivity index (χ0v) is 14.4. The van der Waals surface area contributed by atoms with E-state index in [9.17, 15) is 8.42 Å². The number of likely N-dealkylation sites (N-methyl/N-ethyl adjacent to an activating group) is 2. The summed E-state index contributed by atoms with van der Waals surface area (Å²) in [4.78, 5) is 2.27. The van der Waals surface area contributed by atoms with E-state index in [4.69, 9.17) is 0 Å². The molecule has 21 heavy (non-hydrogen) atoms. The molecule has 0 aromatic carbocycles. The van der Waals surface area contributed by atoms with Crippen LogP contribution >= 0.6 is 0 Å². The van der Waals surface area contributed by atoms with Crippen molar-refractivity contribution in [3.8, 4) is 0 Å². The molecular weight excluding hydrogens is 288 g/mol. The molecule has 7 heteroatoms. The number of hydrogen-bond donors (Lipinski definition) is 1. The van der Waals surface area contributed by atoms with Crippen LogP contribution in [0.4, 0.5) is 0 Å². The van der Waals surface area contributed by atoms with Crippen LogP contribution in [0.5, 0.6) is 0 Å². The number of piperazine rings is 1. The maximum Gasteiger partial charge on any atom is 0.282 e. The molecule has 2 heterocycles. The van der Waals surface area contributed by atoms with Gasteiger partial charge in [-0.1, -0.05) is 13.3 Å². The van der Waals surface area contributed by atoms with Gasteiger partial charge in [0.05, 0.1) is 0 Å². The lowest BCUT2D eigenvalue weighted by molar-refractivity contribution is 0.132. The third-order valence-electron chi connectivity index (χ3n) is 4.85. The minimum atomic E-state index is -3.32. The van der Waals surface area contributed by atoms with Crippen molar-refractivity contribution in [2.75, 3.05) is 46.8 Å². The molecule has 124 valence electrons. The molecule has 6 nitrogen and oxygen atoms in total. The second-order valence-electron chi connectivity index (χ2n) is 6.23. The van der Waals surface area contributed by atoms with Crippen molar-refractivity contribution in [3.63, 3.8) is 0 Å². The molecule has 0 spiro atoms. The lowest BCUT2D eigenvalue weighted by atomic mass is 10.1.